The summed E-state index contributed by atoms with van der Waals surface area (Å²) in [5.74, 6) is 5.21. The van der Waals surface area contributed by atoms with E-state index in [-0.39, 0.29) is 0 Å². The molecule has 6 rings (SSSR count). The van der Waals surface area contributed by atoms with Gasteiger partial charge in [-0.3, -0.25) is 0 Å². The maximum atomic E-state index is 6.26. The summed E-state index contributed by atoms with van der Waals surface area (Å²) in [4.78, 5) is 4.28. The average Bonchev–Trinajstić information content (AvgIpc) is 3.50. The van der Waals surface area contributed by atoms with Crippen LogP contribution in [0, 0.1) is 0 Å². The summed E-state index contributed by atoms with van der Waals surface area (Å²) in [5.41, 5.74) is 0. The molecule has 6 heterocycles. The van der Waals surface area contributed by atoms with E-state index in [0.29, 0.717) is 39.6 Å². The zero-order chi connectivity index (χ0) is 24.5. The Morgan fingerprint density at radius 3 is 0.971 bits per heavy atom. The Kier molecular flexibility index (Phi) is 5.72. The second kappa shape index (κ2) is 8.44. The Morgan fingerprint density at radius 1 is 0.400 bits per heavy atom. The van der Waals surface area contributed by atoms with Gasteiger partial charge in [-0.1, -0.05) is 39.3 Å². The maximum absolute atomic E-state index is 6.26. The van der Waals surface area contributed by atoms with E-state index in [1.165, 1.54) is 9.00 Å². The van der Waals surface area contributed by atoms with Gasteiger partial charge in [0.2, 0.25) is 0 Å². The van der Waals surface area contributed by atoms with Crippen molar-refractivity contribution >= 4 is 59.2 Å². The Morgan fingerprint density at radius 2 is 0.657 bits per heavy atom. The minimum atomic E-state index is -1.64. The first kappa shape index (κ1) is 23.7. The van der Waals surface area contributed by atoms with Crippen molar-refractivity contribution in [3.8, 4) is 54.0 Å². The molecule has 0 saturated heterocycles. The van der Waals surface area contributed by atoms with Gasteiger partial charge >= 0.3 is 0 Å². The van der Waals surface area contributed by atoms with Gasteiger partial charge in [-0.25, -0.2) is 0 Å². The maximum Gasteiger partial charge on any atom is 0.181 e. The van der Waals surface area contributed by atoms with Crippen molar-refractivity contribution in [1.82, 2.24) is 0 Å². The second-order valence-electron chi connectivity index (χ2n) is 10.8. The smallest absolute Gasteiger partial charge is 0.181 e. The first-order chi connectivity index (χ1) is 16.6. The van der Waals surface area contributed by atoms with E-state index in [9.17, 15) is 0 Å². The zero-order valence-corrected chi connectivity index (χ0v) is 25.4. The largest absolute Gasteiger partial charge is 0.485 e. The molecule has 3 aliphatic rings. The van der Waals surface area contributed by atoms with Crippen LogP contribution in [0.3, 0.4) is 0 Å². The lowest BCUT2D eigenvalue weighted by Crippen LogP contribution is -2.37. The van der Waals surface area contributed by atoms with Crippen LogP contribution in [0.1, 0.15) is 0 Å². The van der Waals surface area contributed by atoms with E-state index in [4.69, 9.17) is 28.4 Å². The van der Waals surface area contributed by atoms with E-state index < -0.39 is 16.1 Å². The van der Waals surface area contributed by atoms with Gasteiger partial charge in [-0.2, -0.15) is 0 Å². The molecule has 0 unspecified atom stereocenters. The predicted molar refractivity (Wildman–Crippen MR) is 150 cm³/mol. The van der Waals surface area contributed by atoms with Crippen LogP contribution < -0.4 is 37.4 Å². The summed E-state index contributed by atoms with van der Waals surface area (Å²) in [6, 6.07) is 0. The topological polar surface area (TPSA) is 55.4 Å². The molecule has 35 heavy (non-hydrogen) atoms. The van der Waals surface area contributed by atoms with Crippen molar-refractivity contribution in [1.29, 1.82) is 0 Å². The highest BCUT2D eigenvalue weighted by Gasteiger charge is 2.39. The van der Waals surface area contributed by atoms with Crippen molar-refractivity contribution in [2.24, 2.45) is 0 Å². The van der Waals surface area contributed by atoms with E-state index in [1.807, 2.05) is 0 Å². The summed E-state index contributed by atoms with van der Waals surface area (Å²) >= 11 is 5.30. The van der Waals surface area contributed by atoms with Gasteiger partial charge < -0.3 is 28.4 Å². The van der Waals surface area contributed by atoms with Gasteiger partial charge in [0, 0.05) is 9.00 Å². The molecule has 3 aromatic heterocycles. The molecule has 0 radical (unpaired) electrons. The van der Waals surface area contributed by atoms with Crippen LogP contribution in [0.25, 0.3) is 19.5 Å². The van der Waals surface area contributed by atoms with Crippen LogP contribution >= 0.6 is 34.0 Å². The highest BCUT2D eigenvalue weighted by molar-refractivity contribution is 7.34. The second-order valence-corrected chi connectivity index (χ2v) is 24.6. The number of thiophene rings is 3. The molecule has 11 heteroatoms. The molecule has 6 nitrogen and oxygen atoms in total. The van der Waals surface area contributed by atoms with Crippen LogP contribution in [0.4, 0.5) is 0 Å². The quantitative estimate of drug-likeness (QED) is 0.383. The van der Waals surface area contributed by atoms with Gasteiger partial charge in [0.15, 0.2) is 34.5 Å². The molecule has 0 saturated carbocycles. The Hall–Kier alpha value is -1.67. The summed E-state index contributed by atoms with van der Waals surface area (Å²) < 4.78 is 39.9. The molecule has 3 aliphatic heterocycles. The van der Waals surface area contributed by atoms with Gasteiger partial charge in [0.1, 0.15) is 39.6 Å². The van der Waals surface area contributed by atoms with Crippen molar-refractivity contribution in [2.45, 2.75) is 39.3 Å². The van der Waals surface area contributed by atoms with Crippen LogP contribution in [-0.2, 0) is 0 Å². The molecule has 3 aromatic rings. The van der Waals surface area contributed by atoms with E-state index >= 15 is 0 Å². The van der Waals surface area contributed by atoms with Crippen molar-refractivity contribution < 1.29 is 28.4 Å². The van der Waals surface area contributed by atoms with E-state index in [1.54, 1.807) is 34.0 Å². The molecule has 0 N–H and O–H groups in total. The number of hydrogen-bond donors (Lipinski definition) is 0. The highest BCUT2D eigenvalue weighted by Crippen LogP contribution is 2.61. The van der Waals surface area contributed by atoms with E-state index in [2.05, 4.69) is 39.3 Å². The van der Waals surface area contributed by atoms with Gasteiger partial charge in [0.25, 0.3) is 0 Å². The molecule has 0 aliphatic carbocycles. The molecule has 0 atom stereocenters. The lowest BCUT2D eigenvalue weighted by atomic mass is 10.2. The molecular formula is C24H30O6S3Si2. The number of rotatable bonds is 4. The molecule has 0 spiro atoms. The minimum absolute atomic E-state index is 0.532. The Labute approximate surface area is 219 Å². The van der Waals surface area contributed by atoms with Crippen molar-refractivity contribution in [3.05, 3.63) is 0 Å². The fourth-order valence-electron chi connectivity index (χ4n) is 4.44. The standard InChI is InChI=1S/C24H30O6S3Si2/c1-34(2,3)23-17-15(27-9-11-29-17)21(32-23)19-13-14(26-8-7-25-13)20(31-19)22-16-18(30-12-10-28-16)24(33-22)35(4,5)6/h7-12H2,1-6H3. The predicted octanol–water partition coefficient (Wildman–Crippen LogP) is 5.61. The highest BCUT2D eigenvalue weighted by atomic mass is 32.1. The lowest BCUT2D eigenvalue weighted by Gasteiger charge is -2.21. The molecule has 0 fully saturated rings. The zero-order valence-electron chi connectivity index (χ0n) is 20.9. The van der Waals surface area contributed by atoms with Crippen LogP contribution in [0.5, 0.6) is 34.5 Å². The SMILES string of the molecule is C[Si](C)(C)c1sc(-c2sc(-c3sc([Si](C)(C)C)c4c3OCCO4)c3c2OCCO3)c2c1OCCO2. The summed E-state index contributed by atoms with van der Waals surface area (Å²) in [6.07, 6.45) is 0. The first-order valence-corrected chi connectivity index (χ1v) is 21.4. The third-order valence-electron chi connectivity index (χ3n) is 5.97. The number of ether oxygens (including phenoxy) is 6. The van der Waals surface area contributed by atoms with Gasteiger partial charge in [-0.15, -0.1) is 34.0 Å². The van der Waals surface area contributed by atoms with Crippen LogP contribution in [0.15, 0.2) is 0 Å². The number of hydrogen-bond acceptors (Lipinski definition) is 9. The lowest BCUT2D eigenvalue weighted by molar-refractivity contribution is 0.172. The first-order valence-electron chi connectivity index (χ1n) is 11.9. The molecule has 188 valence electrons. The molecule has 0 bridgehead atoms. The number of fused-ring (bicyclic) bond motifs is 3. The van der Waals surface area contributed by atoms with E-state index in [0.717, 1.165) is 54.0 Å². The summed E-state index contributed by atoms with van der Waals surface area (Å²) in [5, 5.41) is 0. The Bertz CT molecular complexity index is 1200. The summed E-state index contributed by atoms with van der Waals surface area (Å²) in [7, 11) is -3.28. The van der Waals surface area contributed by atoms with Crippen molar-refractivity contribution in [2.75, 3.05) is 39.6 Å². The van der Waals surface area contributed by atoms with Gasteiger partial charge in [0.05, 0.1) is 35.7 Å². The minimum Gasteiger partial charge on any atom is -0.485 e. The normalized spacial score (nSPS) is 17.0. The summed E-state index contributed by atoms with van der Waals surface area (Å²) in [6.45, 7) is 17.5. The fourth-order valence-corrected chi connectivity index (χ4v) is 12.6. The van der Waals surface area contributed by atoms with Crippen LogP contribution in [0.2, 0.25) is 39.3 Å². The molecule has 0 aromatic carbocycles. The third-order valence-corrected chi connectivity index (χ3v) is 16.8. The van der Waals surface area contributed by atoms with Crippen molar-refractivity contribution in [3.63, 3.8) is 0 Å². The third kappa shape index (κ3) is 3.90. The fraction of sp³-hybridized carbons (Fsp3) is 0.500. The molecule has 0 amide bonds. The average molecular weight is 567 g/mol. The molecular weight excluding hydrogens is 537 g/mol. The Balaban J connectivity index is 1.57. The van der Waals surface area contributed by atoms with Crippen LogP contribution in [-0.4, -0.2) is 55.8 Å². The monoisotopic (exact) mass is 566 g/mol. The van der Waals surface area contributed by atoms with Gasteiger partial charge in [-0.05, 0) is 0 Å².